The normalized spacial score (nSPS) is 25.8. The summed E-state index contributed by atoms with van der Waals surface area (Å²) < 4.78 is 12.3. The molecule has 0 aliphatic carbocycles. The molecule has 0 aromatic rings. The molecule has 1 aliphatic heterocycles. The van der Waals surface area contributed by atoms with Crippen LogP contribution in [0.2, 0.25) is 0 Å². The molecule has 62 valence electrons. The molecule has 1 unspecified atom stereocenters. The second kappa shape index (κ2) is 5.66. The SMILES string of the molecule is CC.CCN1CCC(F)C1. The molecule has 0 spiro atoms. The van der Waals surface area contributed by atoms with E-state index in [1.54, 1.807) is 0 Å². The van der Waals surface area contributed by atoms with Gasteiger partial charge in [-0.25, -0.2) is 4.39 Å². The van der Waals surface area contributed by atoms with E-state index in [-0.39, 0.29) is 0 Å². The Balaban J connectivity index is 0.000000371. The van der Waals surface area contributed by atoms with Gasteiger partial charge < -0.3 is 4.90 Å². The lowest BCUT2D eigenvalue weighted by atomic mass is 10.3. The van der Waals surface area contributed by atoms with E-state index in [1.165, 1.54) is 0 Å². The maximum Gasteiger partial charge on any atom is 0.114 e. The molecule has 0 aromatic heterocycles. The number of halogens is 1. The molecule has 0 amide bonds. The third-order valence-corrected chi connectivity index (χ3v) is 1.66. The van der Waals surface area contributed by atoms with Crippen LogP contribution in [0.4, 0.5) is 4.39 Å². The smallest absolute Gasteiger partial charge is 0.114 e. The van der Waals surface area contributed by atoms with Crippen molar-refractivity contribution in [2.75, 3.05) is 19.6 Å². The van der Waals surface area contributed by atoms with Gasteiger partial charge in [-0.2, -0.15) is 0 Å². The highest BCUT2D eigenvalue weighted by molar-refractivity contribution is 4.72. The van der Waals surface area contributed by atoms with Crippen molar-refractivity contribution in [2.45, 2.75) is 33.4 Å². The Morgan fingerprint density at radius 3 is 2.30 bits per heavy atom. The van der Waals surface area contributed by atoms with E-state index in [9.17, 15) is 4.39 Å². The summed E-state index contributed by atoms with van der Waals surface area (Å²) >= 11 is 0. The molecule has 1 saturated heterocycles. The summed E-state index contributed by atoms with van der Waals surface area (Å²) in [5.74, 6) is 0. The number of rotatable bonds is 1. The van der Waals surface area contributed by atoms with E-state index in [4.69, 9.17) is 0 Å². The fourth-order valence-corrected chi connectivity index (χ4v) is 1.07. The highest BCUT2D eigenvalue weighted by Gasteiger charge is 2.19. The lowest BCUT2D eigenvalue weighted by Crippen LogP contribution is -2.19. The minimum Gasteiger partial charge on any atom is -0.301 e. The van der Waals surface area contributed by atoms with E-state index in [1.807, 2.05) is 13.8 Å². The van der Waals surface area contributed by atoms with Gasteiger partial charge >= 0.3 is 0 Å². The Labute approximate surface area is 63.2 Å². The fourth-order valence-electron chi connectivity index (χ4n) is 1.07. The van der Waals surface area contributed by atoms with Gasteiger partial charge in [0.25, 0.3) is 0 Å². The van der Waals surface area contributed by atoms with Crippen LogP contribution < -0.4 is 0 Å². The van der Waals surface area contributed by atoms with Gasteiger partial charge in [-0.3, -0.25) is 0 Å². The maximum absolute atomic E-state index is 12.3. The van der Waals surface area contributed by atoms with Gasteiger partial charge in [-0.1, -0.05) is 20.8 Å². The molecule has 1 heterocycles. The Bertz CT molecular complexity index is 75.7. The van der Waals surface area contributed by atoms with Gasteiger partial charge in [0.15, 0.2) is 0 Å². The molecule has 1 aliphatic rings. The average Bonchev–Trinajstić information content (AvgIpc) is 2.40. The van der Waals surface area contributed by atoms with Crippen molar-refractivity contribution in [1.82, 2.24) is 4.90 Å². The molecule has 0 saturated carbocycles. The van der Waals surface area contributed by atoms with E-state index in [2.05, 4.69) is 11.8 Å². The molecule has 10 heavy (non-hydrogen) atoms. The number of hydrogen-bond acceptors (Lipinski definition) is 1. The van der Waals surface area contributed by atoms with Crippen LogP contribution in [-0.2, 0) is 0 Å². The quantitative estimate of drug-likeness (QED) is 0.549. The second-order valence-electron chi connectivity index (χ2n) is 2.28. The molecular weight excluding hydrogens is 129 g/mol. The first-order valence-electron chi connectivity index (χ1n) is 4.19. The summed E-state index contributed by atoms with van der Waals surface area (Å²) in [5, 5.41) is 0. The second-order valence-corrected chi connectivity index (χ2v) is 2.28. The molecule has 0 radical (unpaired) electrons. The molecule has 0 aromatic carbocycles. The minimum absolute atomic E-state index is 0.546. The zero-order valence-electron chi connectivity index (χ0n) is 7.23. The maximum atomic E-state index is 12.3. The summed E-state index contributed by atoms with van der Waals surface area (Å²) in [6, 6.07) is 0. The highest BCUT2D eigenvalue weighted by Crippen LogP contribution is 2.10. The molecule has 0 N–H and O–H groups in total. The van der Waals surface area contributed by atoms with Crippen LogP contribution in [0, 0.1) is 0 Å². The Morgan fingerprint density at radius 1 is 1.50 bits per heavy atom. The summed E-state index contributed by atoms with van der Waals surface area (Å²) in [6.45, 7) is 8.69. The van der Waals surface area contributed by atoms with Crippen LogP contribution >= 0.6 is 0 Å². The Morgan fingerprint density at radius 2 is 2.10 bits per heavy atom. The first kappa shape index (κ1) is 9.89. The third-order valence-electron chi connectivity index (χ3n) is 1.66. The van der Waals surface area contributed by atoms with Crippen molar-refractivity contribution in [3.63, 3.8) is 0 Å². The first-order valence-corrected chi connectivity index (χ1v) is 4.19. The van der Waals surface area contributed by atoms with E-state index >= 15 is 0 Å². The van der Waals surface area contributed by atoms with Crippen LogP contribution in [0.5, 0.6) is 0 Å². The molecule has 1 fully saturated rings. The molecule has 2 heteroatoms. The zero-order valence-corrected chi connectivity index (χ0v) is 7.23. The highest BCUT2D eigenvalue weighted by atomic mass is 19.1. The first-order chi connectivity index (χ1) is 4.83. The zero-order chi connectivity index (χ0) is 7.98. The van der Waals surface area contributed by atoms with Crippen molar-refractivity contribution in [3.05, 3.63) is 0 Å². The summed E-state index contributed by atoms with van der Waals surface area (Å²) in [4.78, 5) is 2.13. The summed E-state index contributed by atoms with van der Waals surface area (Å²) in [6.07, 6.45) is 0.198. The molecule has 1 nitrogen and oxygen atoms in total. The van der Waals surface area contributed by atoms with Gasteiger partial charge in [0.2, 0.25) is 0 Å². The Kier molecular flexibility index (Phi) is 5.60. The van der Waals surface area contributed by atoms with Crippen LogP contribution in [0.3, 0.4) is 0 Å². The minimum atomic E-state index is -0.546. The third kappa shape index (κ3) is 3.16. The number of hydrogen-bond donors (Lipinski definition) is 0. The van der Waals surface area contributed by atoms with Gasteiger partial charge in [0.1, 0.15) is 6.17 Å². The van der Waals surface area contributed by atoms with Crippen molar-refractivity contribution in [2.24, 2.45) is 0 Å². The number of alkyl halides is 1. The van der Waals surface area contributed by atoms with E-state index in [0.29, 0.717) is 6.54 Å². The van der Waals surface area contributed by atoms with Crippen molar-refractivity contribution < 1.29 is 4.39 Å². The largest absolute Gasteiger partial charge is 0.301 e. The molecule has 1 rings (SSSR count). The van der Waals surface area contributed by atoms with Crippen LogP contribution in [0.25, 0.3) is 0 Å². The summed E-state index contributed by atoms with van der Waals surface area (Å²) in [5.41, 5.74) is 0. The van der Waals surface area contributed by atoms with Crippen molar-refractivity contribution >= 4 is 0 Å². The topological polar surface area (TPSA) is 3.24 Å². The van der Waals surface area contributed by atoms with Crippen molar-refractivity contribution in [3.8, 4) is 0 Å². The van der Waals surface area contributed by atoms with Crippen LogP contribution in [0.1, 0.15) is 27.2 Å². The number of likely N-dealkylation sites (tertiary alicyclic amines) is 1. The number of nitrogens with zero attached hydrogens (tertiary/aromatic N) is 1. The fraction of sp³-hybridized carbons (Fsp3) is 1.00. The summed E-state index contributed by atoms with van der Waals surface area (Å²) in [7, 11) is 0. The van der Waals surface area contributed by atoms with E-state index in [0.717, 1.165) is 19.5 Å². The monoisotopic (exact) mass is 147 g/mol. The van der Waals surface area contributed by atoms with Gasteiger partial charge in [-0.05, 0) is 13.0 Å². The predicted octanol–water partition coefficient (Wildman–Crippen LogP) is 2.08. The van der Waals surface area contributed by atoms with Gasteiger partial charge in [0, 0.05) is 13.1 Å². The van der Waals surface area contributed by atoms with E-state index < -0.39 is 6.17 Å². The Hall–Kier alpha value is -0.110. The molecular formula is C8H18FN. The van der Waals surface area contributed by atoms with Crippen LogP contribution in [-0.4, -0.2) is 30.7 Å². The van der Waals surface area contributed by atoms with Crippen LogP contribution in [0.15, 0.2) is 0 Å². The van der Waals surface area contributed by atoms with Gasteiger partial charge in [0.05, 0.1) is 0 Å². The lowest BCUT2D eigenvalue weighted by Gasteiger charge is -2.08. The lowest BCUT2D eigenvalue weighted by molar-refractivity contribution is 0.298. The van der Waals surface area contributed by atoms with Gasteiger partial charge in [-0.15, -0.1) is 0 Å². The van der Waals surface area contributed by atoms with Crippen molar-refractivity contribution in [1.29, 1.82) is 0 Å². The predicted molar refractivity (Wildman–Crippen MR) is 43.0 cm³/mol. The molecule has 0 bridgehead atoms. The molecule has 1 atom stereocenters. The average molecular weight is 147 g/mol. The standard InChI is InChI=1S/C6H12FN.C2H6/c1-2-8-4-3-6(7)5-8;1-2/h6H,2-5H2,1H3;1-2H3.